The molecule has 198 valence electrons. The molecule has 0 saturated heterocycles. The molecule has 11 nitrogen and oxygen atoms in total. The summed E-state index contributed by atoms with van der Waals surface area (Å²) in [7, 11) is 3.17. The van der Waals surface area contributed by atoms with Gasteiger partial charge in [0.25, 0.3) is 11.8 Å². The van der Waals surface area contributed by atoms with Gasteiger partial charge in [0.1, 0.15) is 6.04 Å². The van der Waals surface area contributed by atoms with Gasteiger partial charge in [0.05, 0.1) is 27.4 Å². The fraction of sp³-hybridized carbons (Fsp3) is 0.346. The number of rotatable bonds is 11. The van der Waals surface area contributed by atoms with E-state index < -0.39 is 59.7 Å². The van der Waals surface area contributed by atoms with Gasteiger partial charge in [-0.3, -0.25) is 19.2 Å². The summed E-state index contributed by atoms with van der Waals surface area (Å²) in [5.74, 6) is -7.30. The molecule has 0 unspecified atom stereocenters. The Morgan fingerprint density at radius 1 is 0.730 bits per heavy atom. The summed E-state index contributed by atoms with van der Waals surface area (Å²) in [5.41, 5.74) is 0.718. The largest absolute Gasteiger partial charge is 0.468 e. The monoisotopic (exact) mass is 514 g/mol. The van der Waals surface area contributed by atoms with E-state index >= 15 is 0 Å². The lowest BCUT2D eigenvalue weighted by molar-refractivity contribution is -0.164. The van der Waals surface area contributed by atoms with Crippen molar-refractivity contribution in [1.29, 1.82) is 0 Å². The second kappa shape index (κ2) is 13.7. The van der Waals surface area contributed by atoms with Gasteiger partial charge < -0.3 is 30.0 Å². The quantitative estimate of drug-likeness (QED) is 0.224. The molecule has 0 bridgehead atoms. The Morgan fingerprint density at radius 3 is 1.70 bits per heavy atom. The highest BCUT2D eigenvalue weighted by atomic mass is 16.5. The molecule has 2 amide bonds. The van der Waals surface area contributed by atoms with Crippen molar-refractivity contribution >= 4 is 29.7 Å². The van der Waals surface area contributed by atoms with Crippen LogP contribution in [0.1, 0.15) is 28.9 Å². The fourth-order valence-electron chi connectivity index (χ4n) is 3.71. The highest BCUT2D eigenvalue weighted by molar-refractivity contribution is 5.97. The van der Waals surface area contributed by atoms with Crippen molar-refractivity contribution in [3.8, 4) is 0 Å². The predicted molar refractivity (Wildman–Crippen MR) is 130 cm³/mol. The summed E-state index contributed by atoms with van der Waals surface area (Å²) in [5, 5.41) is 16.0. The number of amides is 2. The Balaban J connectivity index is 2.35. The van der Waals surface area contributed by atoms with E-state index in [1.807, 2.05) is 0 Å². The highest BCUT2D eigenvalue weighted by Crippen LogP contribution is 2.22. The van der Waals surface area contributed by atoms with Crippen molar-refractivity contribution in [3.05, 3.63) is 71.8 Å². The van der Waals surface area contributed by atoms with E-state index in [1.165, 1.54) is 6.92 Å². The minimum Gasteiger partial charge on any atom is -0.468 e. The predicted octanol–water partition coefficient (Wildman–Crippen LogP) is 0.775. The van der Waals surface area contributed by atoms with Gasteiger partial charge >= 0.3 is 17.9 Å². The number of hydrogen-bond acceptors (Lipinski definition) is 9. The first-order chi connectivity index (χ1) is 17.7. The van der Waals surface area contributed by atoms with Gasteiger partial charge in [0.2, 0.25) is 0 Å². The molecular weight excluding hydrogens is 484 g/mol. The Kier molecular flexibility index (Phi) is 10.8. The van der Waals surface area contributed by atoms with Crippen LogP contribution in [0.2, 0.25) is 0 Å². The maximum absolute atomic E-state index is 13.2. The molecule has 0 aliphatic rings. The number of aliphatic hydroxyl groups excluding tert-OH is 1. The van der Waals surface area contributed by atoms with Gasteiger partial charge in [-0.2, -0.15) is 0 Å². The number of aliphatic hydroxyl groups is 1. The van der Waals surface area contributed by atoms with E-state index in [-0.39, 0.29) is 0 Å². The van der Waals surface area contributed by atoms with Crippen LogP contribution in [-0.4, -0.2) is 68.3 Å². The highest BCUT2D eigenvalue weighted by Gasteiger charge is 2.43. The van der Waals surface area contributed by atoms with Crippen LogP contribution in [0.25, 0.3) is 0 Å². The van der Waals surface area contributed by atoms with Crippen molar-refractivity contribution in [1.82, 2.24) is 10.6 Å². The second-order valence-electron chi connectivity index (χ2n) is 8.07. The summed E-state index contributed by atoms with van der Waals surface area (Å²) >= 11 is 0. The second-order valence-corrected chi connectivity index (χ2v) is 8.07. The van der Waals surface area contributed by atoms with Crippen LogP contribution in [0.15, 0.2) is 60.7 Å². The van der Waals surface area contributed by atoms with E-state index in [0.29, 0.717) is 11.1 Å². The van der Waals surface area contributed by atoms with Crippen molar-refractivity contribution in [2.24, 2.45) is 11.8 Å². The van der Waals surface area contributed by atoms with Crippen LogP contribution in [0.3, 0.4) is 0 Å². The molecule has 0 heterocycles. The molecule has 0 fully saturated rings. The standard InChI is InChI=1S/C26H30N2O9/c1-15(18(24(32)35-2)25(33)36-3)19(26(34)37-4)27-23(31)21(29)20(16-11-7-5-8-12-16)28-22(30)17-13-9-6-10-14-17/h5-15,18-21,29H,1-4H3,(H,27,31)(H,28,30)/t15-,19+,20+,21-/m1/s1. The molecule has 0 spiro atoms. The Bertz CT molecular complexity index is 1080. The van der Waals surface area contributed by atoms with E-state index in [1.54, 1.807) is 60.7 Å². The zero-order valence-corrected chi connectivity index (χ0v) is 20.9. The number of hydrogen-bond donors (Lipinski definition) is 3. The van der Waals surface area contributed by atoms with Crippen LogP contribution in [-0.2, 0) is 33.4 Å². The van der Waals surface area contributed by atoms with Crippen LogP contribution in [0.5, 0.6) is 0 Å². The number of carbonyl (C=O) groups is 5. The normalized spacial score (nSPS) is 13.9. The van der Waals surface area contributed by atoms with Crippen LogP contribution in [0.4, 0.5) is 0 Å². The SMILES string of the molecule is COC(=O)C(C(=O)OC)[C@@H](C)[C@H](NC(=O)[C@H](O)[C@@H](NC(=O)c1ccccc1)c1ccccc1)C(=O)OC. The smallest absolute Gasteiger partial charge is 0.328 e. The first-order valence-electron chi connectivity index (χ1n) is 11.3. The molecule has 0 aliphatic carbocycles. The van der Waals surface area contributed by atoms with Gasteiger partial charge in [-0.1, -0.05) is 55.5 Å². The molecule has 0 aliphatic heterocycles. The number of benzene rings is 2. The van der Waals surface area contributed by atoms with E-state index in [4.69, 9.17) is 4.74 Å². The Morgan fingerprint density at radius 2 is 1.22 bits per heavy atom. The number of esters is 3. The number of carbonyl (C=O) groups excluding carboxylic acids is 5. The molecule has 4 atom stereocenters. The molecule has 0 radical (unpaired) electrons. The topological polar surface area (TPSA) is 157 Å². The number of nitrogens with one attached hydrogen (secondary N) is 2. The van der Waals surface area contributed by atoms with Crippen LogP contribution >= 0.6 is 0 Å². The van der Waals surface area contributed by atoms with Crippen LogP contribution in [0, 0.1) is 11.8 Å². The summed E-state index contributed by atoms with van der Waals surface area (Å²) in [4.78, 5) is 63.0. The van der Waals surface area contributed by atoms with Gasteiger partial charge in [0, 0.05) is 11.5 Å². The summed E-state index contributed by atoms with van der Waals surface area (Å²) in [6.07, 6.45) is -1.87. The van der Waals surface area contributed by atoms with Gasteiger partial charge in [0.15, 0.2) is 12.0 Å². The summed E-state index contributed by atoms with van der Waals surface area (Å²) < 4.78 is 14.1. The Labute approximate surface area is 214 Å². The zero-order chi connectivity index (χ0) is 27.5. The number of ether oxygens (including phenoxy) is 3. The van der Waals surface area contributed by atoms with Gasteiger partial charge in [-0.05, 0) is 17.7 Å². The minimum atomic E-state index is -1.87. The fourth-order valence-corrected chi connectivity index (χ4v) is 3.71. The van der Waals surface area contributed by atoms with Crippen molar-refractivity contribution in [2.45, 2.75) is 25.1 Å². The first-order valence-corrected chi connectivity index (χ1v) is 11.3. The van der Waals surface area contributed by atoms with Gasteiger partial charge in [-0.15, -0.1) is 0 Å². The maximum Gasteiger partial charge on any atom is 0.328 e. The van der Waals surface area contributed by atoms with Crippen LogP contribution < -0.4 is 10.6 Å². The lowest BCUT2D eigenvalue weighted by Crippen LogP contribution is -2.55. The van der Waals surface area contributed by atoms with Crippen molar-refractivity contribution in [3.63, 3.8) is 0 Å². The molecule has 0 aromatic heterocycles. The van der Waals surface area contributed by atoms with E-state index in [2.05, 4.69) is 20.1 Å². The lowest BCUT2D eigenvalue weighted by Gasteiger charge is -2.29. The zero-order valence-electron chi connectivity index (χ0n) is 20.9. The minimum absolute atomic E-state index is 0.302. The molecule has 0 saturated carbocycles. The molecule has 3 N–H and O–H groups in total. The third kappa shape index (κ3) is 7.37. The average Bonchev–Trinajstić information content (AvgIpc) is 2.94. The lowest BCUT2D eigenvalue weighted by atomic mass is 9.87. The average molecular weight is 515 g/mol. The van der Waals surface area contributed by atoms with Crippen molar-refractivity contribution in [2.75, 3.05) is 21.3 Å². The Hall–Kier alpha value is -4.25. The summed E-state index contributed by atoms with van der Waals surface area (Å²) in [6, 6.07) is 13.7. The van der Waals surface area contributed by atoms with E-state index in [9.17, 15) is 29.1 Å². The molecule has 2 aromatic carbocycles. The molecule has 37 heavy (non-hydrogen) atoms. The molecular formula is C26H30N2O9. The van der Waals surface area contributed by atoms with Gasteiger partial charge in [-0.25, -0.2) is 4.79 Å². The molecule has 2 aromatic rings. The van der Waals surface area contributed by atoms with E-state index in [0.717, 1.165) is 21.3 Å². The third-order valence-electron chi connectivity index (χ3n) is 5.78. The third-order valence-corrected chi connectivity index (χ3v) is 5.78. The maximum atomic E-state index is 13.2. The summed E-state index contributed by atoms with van der Waals surface area (Å²) in [6.45, 7) is 1.35. The molecule has 2 rings (SSSR count). The first kappa shape index (κ1) is 29.0. The van der Waals surface area contributed by atoms with Crippen molar-refractivity contribution < 1.29 is 43.3 Å². The number of methoxy groups -OCH3 is 3. The molecule has 11 heteroatoms.